The molecule has 1 saturated carbocycles. The number of aliphatic hydroxyl groups excluding tert-OH is 1. The highest BCUT2D eigenvalue weighted by Crippen LogP contribution is 2.47. The number of ether oxygens (including phenoxy) is 2. The molecule has 0 saturated heterocycles. The van der Waals surface area contributed by atoms with Crippen LogP contribution in [0.1, 0.15) is 24.8 Å². The fourth-order valence-electron chi connectivity index (χ4n) is 2.39. The number of hydrogen-bond donors (Lipinski definition) is 2. The highest BCUT2D eigenvalue weighted by molar-refractivity contribution is 5.42. The van der Waals surface area contributed by atoms with E-state index in [0.29, 0.717) is 5.41 Å². The van der Waals surface area contributed by atoms with Crippen molar-refractivity contribution in [2.24, 2.45) is 5.41 Å². The zero-order chi connectivity index (χ0) is 13.7. The predicted molar refractivity (Wildman–Crippen MR) is 74.6 cm³/mol. The Hall–Kier alpha value is -1.26. The van der Waals surface area contributed by atoms with E-state index in [1.54, 1.807) is 14.2 Å². The summed E-state index contributed by atoms with van der Waals surface area (Å²) in [6, 6.07) is 5.97. The average Bonchev–Trinajstić information content (AvgIpc) is 3.19. The first-order valence-electron chi connectivity index (χ1n) is 6.75. The summed E-state index contributed by atoms with van der Waals surface area (Å²) in [6.45, 7) is 2.08. The third-order valence-corrected chi connectivity index (χ3v) is 3.88. The standard InChI is InChI=1S/C15H23NO3/c1-18-13-4-3-12(9-14(13)19-2)10-16-11-15(5-6-15)7-8-17/h3-4,9,16-17H,5-8,10-11H2,1-2H3. The molecule has 0 heterocycles. The fourth-order valence-corrected chi connectivity index (χ4v) is 2.39. The predicted octanol–water partition coefficient (Wildman–Crippen LogP) is 1.96. The second kappa shape index (κ2) is 6.26. The van der Waals surface area contributed by atoms with Gasteiger partial charge in [0.05, 0.1) is 14.2 Å². The largest absolute Gasteiger partial charge is 0.493 e. The number of aliphatic hydroxyl groups is 1. The molecule has 0 bridgehead atoms. The van der Waals surface area contributed by atoms with Gasteiger partial charge in [-0.3, -0.25) is 0 Å². The molecule has 106 valence electrons. The highest BCUT2D eigenvalue weighted by Gasteiger charge is 2.41. The molecule has 0 aromatic heterocycles. The molecule has 1 fully saturated rings. The van der Waals surface area contributed by atoms with Gasteiger partial charge in [-0.25, -0.2) is 0 Å². The maximum Gasteiger partial charge on any atom is 0.161 e. The molecule has 4 heteroatoms. The van der Waals surface area contributed by atoms with Gasteiger partial charge in [0.1, 0.15) is 0 Å². The van der Waals surface area contributed by atoms with Crippen LogP contribution >= 0.6 is 0 Å². The van der Waals surface area contributed by atoms with Crippen molar-refractivity contribution in [1.82, 2.24) is 5.32 Å². The van der Waals surface area contributed by atoms with E-state index in [2.05, 4.69) is 5.32 Å². The van der Waals surface area contributed by atoms with Gasteiger partial charge in [-0.15, -0.1) is 0 Å². The molecule has 0 unspecified atom stereocenters. The smallest absolute Gasteiger partial charge is 0.161 e. The van der Waals surface area contributed by atoms with Crippen LogP contribution in [-0.2, 0) is 6.54 Å². The third kappa shape index (κ3) is 3.61. The molecule has 0 spiro atoms. The van der Waals surface area contributed by atoms with Crippen molar-refractivity contribution in [1.29, 1.82) is 0 Å². The lowest BCUT2D eigenvalue weighted by molar-refractivity contribution is 0.245. The average molecular weight is 265 g/mol. The number of benzene rings is 1. The van der Waals surface area contributed by atoms with Gasteiger partial charge in [0, 0.05) is 19.7 Å². The molecule has 0 atom stereocenters. The van der Waals surface area contributed by atoms with Crippen LogP contribution in [0.5, 0.6) is 11.5 Å². The Kier molecular flexibility index (Phi) is 4.66. The van der Waals surface area contributed by atoms with Crippen LogP contribution in [0.25, 0.3) is 0 Å². The first-order valence-corrected chi connectivity index (χ1v) is 6.75. The second-order valence-corrected chi connectivity index (χ2v) is 5.27. The summed E-state index contributed by atoms with van der Waals surface area (Å²) in [5, 5.41) is 12.5. The summed E-state index contributed by atoms with van der Waals surface area (Å²) in [4.78, 5) is 0. The van der Waals surface area contributed by atoms with Crippen molar-refractivity contribution in [3.05, 3.63) is 23.8 Å². The minimum absolute atomic E-state index is 0.290. The minimum atomic E-state index is 0.290. The molecule has 0 amide bonds. The zero-order valence-corrected chi connectivity index (χ0v) is 11.7. The van der Waals surface area contributed by atoms with Gasteiger partial charge in [-0.1, -0.05) is 6.07 Å². The van der Waals surface area contributed by atoms with Crippen molar-refractivity contribution in [3.8, 4) is 11.5 Å². The molecule has 1 aliphatic carbocycles. The monoisotopic (exact) mass is 265 g/mol. The molecule has 4 nitrogen and oxygen atoms in total. The molecular formula is C15H23NO3. The van der Waals surface area contributed by atoms with E-state index >= 15 is 0 Å². The zero-order valence-electron chi connectivity index (χ0n) is 11.7. The van der Waals surface area contributed by atoms with E-state index in [-0.39, 0.29) is 6.61 Å². The van der Waals surface area contributed by atoms with Crippen molar-refractivity contribution in [2.75, 3.05) is 27.4 Å². The Morgan fingerprint density at radius 2 is 1.95 bits per heavy atom. The summed E-state index contributed by atoms with van der Waals surface area (Å²) < 4.78 is 10.5. The van der Waals surface area contributed by atoms with Crippen molar-refractivity contribution >= 4 is 0 Å². The highest BCUT2D eigenvalue weighted by atomic mass is 16.5. The molecule has 1 aromatic rings. The van der Waals surface area contributed by atoms with E-state index in [1.165, 1.54) is 18.4 Å². The summed E-state index contributed by atoms with van der Waals surface area (Å²) in [5.74, 6) is 1.52. The number of hydrogen-bond acceptors (Lipinski definition) is 4. The van der Waals surface area contributed by atoms with Crippen LogP contribution < -0.4 is 14.8 Å². The molecule has 2 N–H and O–H groups in total. The molecule has 19 heavy (non-hydrogen) atoms. The summed E-state index contributed by atoms with van der Waals surface area (Å²) in [6.07, 6.45) is 3.37. The second-order valence-electron chi connectivity index (χ2n) is 5.27. The lowest BCUT2D eigenvalue weighted by Crippen LogP contribution is -2.24. The van der Waals surface area contributed by atoms with Gasteiger partial charge >= 0.3 is 0 Å². The van der Waals surface area contributed by atoms with Crippen molar-refractivity contribution in [2.45, 2.75) is 25.8 Å². The van der Waals surface area contributed by atoms with Crippen LogP contribution in [0, 0.1) is 5.41 Å². The van der Waals surface area contributed by atoms with E-state index < -0.39 is 0 Å². The first-order chi connectivity index (χ1) is 9.23. The lowest BCUT2D eigenvalue weighted by atomic mass is 10.0. The summed E-state index contributed by atoms with van der Waals surface area (Å²) in [5.41, 5.74) is 1.53. The van der Waals surface area contributed by atoms with Gasteiger partial charge in [-0.2, -0.15) is 0 Å². The van der Waals surface area contributed by atoms with E-state index in [4.69, 9.17) is 14.6 Å². The Morgan fingerprint density at radius 1 is 1.21 bits per heavy atom. The Bertz CT molecular complexity index is 416. The summed E-state index contributed by atoms with van der Waals surface area (Å²) in [7, 11) is 3.29. The Morgan fingerprint density at radius 3 is 2.53 bits per heavy atom. The van der Waals surface area contributed by atoms with Crippen LogP contribution in [0.15, 0.2) is 18.2 Å². The quantitative estimate of drug-likeness (QED) is 0.754. The van der Waals surface area contributed by atoms with Crippen molar-refractivity contribution < 1.29 is 14.6 Å². The van der Waals surface area contributed by atoms with Gasteiger partial charge in [0.15, 0.2) is 11.5 Å². The molecule has 2 rings (SSSR count). The molecular weight excluding hydrogens is 242 g/mol. The Labute approximate surface area is 114 Å². The molecule has 0 aliphatic heterocycles. The topological polar surface area (TPSA) is 50.7 Å². The Balaban J connectivity index is 1.86. The summed E-state index contributed by atoms with van der Waals surface area (Å²) >= 11 is 0. The number of nitrogens with one attached hydrogen (secondary N) is 1. The van der Waals surface area contributed by atoms with Gasteiger partial charge in [-0.05, 0) is 42.4 Å². The van der Waals surface area contributed by atoms with Gasteiger partial charge in [0.25, 0.3) is 0 Å². The van der Waals surface area contributed by atoms with E-state index in [0.717, 1.165) is 31.0 Å². The molecule has 1 aliphatic rings. The number of methoxy groups -OCH3 is 2. The fraction of sp³-hybridized carbons (Fsp3) is 0.600. The SMILES string of the molecule is COc1ccc(CNCC2(CCO)CC2)cc1OC. The number of rotatable bonds is 8. The van der Waals surface area contributed by atoms with Gasteiger partial charge in [0.2, 0.25) is 0 Å². The maximum atomic E-state index is 9.03. The van der Waals surface area contributed by atoms with Gasteiger partial charge < -0.3 is 19.9 Å². The lowest BCUT2D eigenvalue weighted by Gasteiger charge is -2.15. The molecule has 0 radical (unpaired) electrons. The van der Waals surface area contributed by atoms with Crippen LogP contribution in [0.3, 0.4) is 0 Å². The minimum Gasteiger partial charge on any atom is -0.493 e. The van der Waals surface area contributed by atoms with E-state index in [9.17, 15) is 0 Å². The van der Waals surface area contributed by atoms with Crippen molar-refractivity contribution in [3.63, 3.8) is 0 Å². The van der Waals surface area contributed by atoms with Crippen LogP contribution in [0.4, 0.5) is 0 Å². The first kappa shape index (κ1) is 14.2. The maximum absolute atomic E-state index is 9.03. The van der Waals surface area contributed by atoms with E-state index in [1.807, 2.05) is 18.2 Å². The van der Waals surface area contributed by atoms with Crippen LogP contribution in [0.2, 0.25) is 0 Å². The third-order valence-electron chi connectivity index (χ3n) is 3.88. The normalized spacial score (nSPS) is 16.2. The molecule has 1 aromatic carbocycles. The van der Waals surface area contributed by atoms with Crippen LogP contribution in [-0.4, -0.2) is 32.5 Å².